The van der Waals surface area contributed by atoms with Crippen molar-refractivity contribution in [3.05, 3.63) is 29.3 Å². The standard InChI is InChI=1S/C18H27N/c1-12-6-7-15(10-13(12)2)19-16-17(3,4)14-8-9-18(16,5)11-14/h6-7,10,14,16,19H,8-9,11H2,1-5H3/t14-,16?,18+/m0/s1. The number of rotatable bonds is 2. The van der Waals surface area contributed by atoms with Crippen LogP contribution in [0.1, 0.15) is 51.2 Å². The zero-order chi connectivity index (χ0) is 13.8. The summed E-state index contributed by atoms with van der Waals surface area (Å²) in [5, 5.41) is 3.87. The highest BCUT2D eigenvalue weighted by atomic mass is 15.0. The first-order valence-corrected chi connectivity index (χ1v) is 7.67. The molecule has 1 N–H and O–H groups in total. The first kappa shape index (κ1) is 13.0. The molecule has 2 bridgehead atoms. The Hall–Kier alpha value is -0.980. The summed E-state index contributed by atoms with van der Waals surface area (Å²) in [6.45, 7) is 11.8. The van der Waals surface area contributed by atoms with Crippen LogP contribution in [0, 0.1) is 30.6 Å². The molecule has 3 atom stereocenters. The molecule has 0 spiro atoms. The summed E-state index contributed by atoms with van der Waals surface area (Å²) in [4.78, 5) is 0. The largest absolute Gasteiger partial charge is 0.381 e. The highest BCUT2D eigenvalue weighted by molar-refractivity contribution is 5.50. The van der Waals surface area contributed by atoms with Crippen molar-refractivity contribution in [2.75, 3.05) is 5.32 Å². The third kappa shape index (κ3) is 1.89. The Morgan fingerprint density at radius 2 is 1.84 bits per heavy atom. The topological polar surface area (TPSA) is 12.0 Å². The number of anilines is 1. The lowest BCUT2D eigenvalue weighted by Crippen LogP contribution is -2.45. The second kappa shape index (κ2) is 4.01. The Labute approximate surface area is 117 Å². The van der Waals surface area contributed by atoms with E-state index in [2.05, 4.69) is 58.1 Å². The molecule has 0 radical (unpaired) electrons. The van der Waals surface area contributed by atoms with Crippen LogP contribution in [0.3, 0.4) is 0 Å². The van der Waals surface area contributed by atoms with E-state index in [4.69, 9.17) is 0 Å². The second-order valence-electron chi connectivity index (χ2n) is 7.79. The van der Waals surface area contributed by atoms with E-state index in [0.29, 0.717) is 16.9 Å². The average Bonchev–Trinajstić information content (AvgIpc) is 2.80. The van der Waals surface area contributed by atoms with Crippen molar-refractivity contribution < 1.29 is 0 Å². The van der Waals surface area contributed by atoms with E-state index in [0.717, 1.165) is 5.92 Å². The van der Waals surface area contributed by atoms with E-state index >= 15 is 0 Å². The Balaban J connectivity index is 1.88. The first-order chi connectivity index (χ1) is 8.83. The van der Waals surface area contributed by atoms with Crippen molar-refractivity contribution in [3.63, 3.8) is 0 Å². The van der Waals surface area contributed by atoms with E-state index in [9.17, 15) is 0 Å². The van der Waals surface area contributed by atoms with Gasteiger partial charge in [0.05, 0.1) is 0 Å². The molecule has 19 heavy (non-hydrogen) atoms. The number of aryl methyl sites for hydroxylation is 2. The van der Waals surface area contributed by atoms with Gasteiger partial charge in [-0.2, -0.15) is 0 Å². The van der Waals surface area contributed by atoms with Crippen molar-refractivity contribution in [1.82, 2.24) is 0 Å². The molecule has 3 rings (SSSR count). The van der Waals surface area contributed by atoms with Crippen LogP contribution in [0.25, 0.3) is 0 Å². The summed E-state index contributed by atoms with van der Waals surface area (Å²) in [6.07, 6.45) is 4.22. The Morgan fingerprint density at radius 3 is 2.42 bits per heavy atom. The van der Waals surface area contributed by atoms with Crippen LogP contribution in [-0.2, 0) is 0 Å². The first-order valence-electron chi connectivity index (χ1n) is 7.67. The second-order valence-corrected chi connectivity index (χ2v) is 7.79. The van der Waals surface area contributed by atoms with E-state index in [1.54, 1.807) is 0 Å². The maximum Gasteiger partial charge on any atom is 0.0368 e. The zero-order valence-electron chi connectivity index (χ0n) is 13.0. The van der Waals surface area contributed by atoms with Crippen LogP contribution in [0.4, 0.5) is 5.69 Å². The molecule has 0 heterocycles. The summed E-state index contributed by atoms with van der Waals surface area (Å²) in [6, 6.07) is 7.40. The fraction of sp³-hybridized carbons (Fsp3) is 0.667. The van der Waals surface area contributed by atoms with E-state index in [1.807, 2.05) is 0 Å². The predicted octanol–water partition coefficient (Wildman–Crippen LogP) is 4.93. The molecule has 0 aromatic heterocycles. The summed E-state index contributed by atoms with van der Waals surface area (Å²) >= 11 is 0. The van der Waals surface area contributed by atoms with Gasteiger partial charge in [-0.25, -0.2) is 0 Å². The predicted molar refractivity (Wildman–Crippen MR) is 82.6 cm³/mol. The third-order valence-electron chi connectivity index (χ3n) is 6.09. The van der Waals surface area contributed by atoms with Gasteiger partial charge >= 0.3 is 0 Å². The summed E-state index contributed by atoms with van der Waals surface area (Å²) in [7, 11) is 0. The molecule has 104 valence electrons. The van der Waals surface area contributed by atoms with Gasteiger partial charge in [0, 0.05) is 11.7 Å². The highest BCUT2D eigenvalue weighted by Crippen LogP contribution is 2.63. The molecule has 0 saturated heterocycles. The molecule has 1 aromatic carbocycles. The highest BCUT2D eigenvalue weighted by Gasteiger charge is 2.59. The number of benzene rings is 1. The lowest BCUT2D eigenvalue weighted by Gasteiger charge is -2.43. The molecule has 2 aliphatic carbocycles. The minimum absolute atomic E-state index is 0.422. The van der Waals surface area contributed by atoms with Gasteiger partial charge in [0.25, 0.3) is 0 Å². The summed E-state index contributed by atoms with van der Waals surface area (Å²) in [5.74, 6) is 0.904. The van der Waals surface area contributed by atoms with E-state index in [-0.39, 0.29) is 0 Å². The molecule has 2 aliphatic rings. The van der Waals surface area contributed by atoms with Crippen molar-refractivity contribution in [2.45, 2.75) is 59.9 Å². The van der Waals surface area contributed by atoms with Gasteiger partial charge in [0.2, 0.25) is 0 Å². The molecule has 1 aromatic rings. The lowest BCUT2D eigenvalue weighted by atomic mass is 9.68. The quantitative estimate of drug-likeness (QED) is 0.792. The van der Waals surface area contributed by atoms with Crippen molar-refractivity contribution in [1.29, 1.82) is 0 Å². The van der Waals surface area contributed by atoms with Gasteiger partial charge in [-0.05, 0) is 73.1 Å². The van der Waals surface area contributed by atoms with Gasteiger partial charge in [0.1, 0.15) is 0 Å². The van der Waals surface area contributed by atoms with Gasteiger partial charge in [0.15, 0.2) is 0 Å². The average molecular weight is 257 g/mol. The Morgan fingerprint density at radius 1 is 1.11 bits per heavy atom. The van der Waals surface area contributed by atoms with Crippen LogP contribution in [-0.4, -0.2) is 6.04 Å². The van der Waals surface area contributed by atoms with Crippen molar-refractivity contribution in [2.24, 2.45) is 16.7 Å². The van der Waals surface area contributed by atoms with Gasteiger partial charge in [-0.1, -0.05) is 26.8 Å². The number of hydrogen-bond donors (Lipinski definition) is 1. The molecule has 2 saturated carbocycles. The summed E-state index contributed by atoms with van der Waals surface area (Å²) in [5.41, 5.74) is 4.98. The number of nitrogens with one attached hydrogen (secondary N) is 1. The summed E-state index contributed by atoms with van der Waals surface area (Å²) < 4.78 is 0. The SMILES string of the molecule is Cc1ccc(NC2C(C)(C)[C@H]3CC[C@]2(C)C3)cc1C. The van der Waals surface area contributed by atoms with Crippen LogP contribution < -0.4 is 5.32 Å². The minimum Gasteiger partial charge on any atom is -0.381 e. The number of fused-ring (bicyclic) bond motifs is 2. The molecule has 0 aliphatic heterocycles. The van der Waals surface area contributed by atoms with E-state index < -0.39 is 0 Å². The Bertz CT molecular complexity index is 498. The molecular formula is C18H27N. The van der Waals surface area contributed by atoms with Crippen LogP contribution in [0.5, 0.6) is 0 Å². The van der Waals surface area contributed by atoms with Gasteiger partial charge in [-0.3, -0.25) is 0 Å². The van der Waals surface area contributed by atoms with Crippen LogP contribution >= 0.6 is 0 Å². The molecule has 1 nitrogen and oxygen atoms in total. The maximum atomic E-state index is 3.87. The number of hydrogen-bond acceptors (Lipinski definition) is 1. The monoisotopic (exact) mass is 257 g/mol. The molecule has 2 fully saturated rings. The van der Waals surface area contributed by atoms with Crippen LogP contribution in [0.15, 0.2) is 18.2 Å². The smallest absolute Gasteiger partial charge is 0.0368 e. The normalized spacial score (nSPS) is 35.6. The molecule has 1 unspecified atom stereocenters. The van der Waals surface area contributed by atoms with Crippen LogP contribution in [0.2, 0.25) is 0 Å². The van der Waals surface area contributed by atoms with Crippen molar-refractivity contribution >= 4 is 5.69 Å². The molecule has 1 heteroatoms. The van der Waals surface area contributed by atoms with Gasteiger partial charge in [-0.15, -0.1) is 0 Å². The fourth-order valence-electron chi connectivity index (χ4n) is 4.66. The molecular weight excluding hydrogens is 230 g/mol. The third-order valence-corrected chi connectivity index (χ3v) is 6.09. The minimum atomic E-state index is 0.422. The van der Waals surface area contributed by atoms with Gasteiger partial charge < -0.3 is 5.32 Å². The van der Waals surface area contributed by atoms with E-state index in [1.165, 1.54) is 36.1 Å². The maximum absolute atomic E-state index is 3.87. The zero-order valence-corrected chi connectivity index (χ0v) is 13.0. The lowest BCUT2D eigenvalue weighted by molar-refractivity contribution is 0.155. The Kier molecular flexibility index (Phi) is 2.75. The van der Waals surface area contributed by atoms with Crippen molar-refractivity contribution in [3.8, 4) is 0 Å². The fourth-order valence-corrected chi connectivity index (χ4v) is 4.66. The molecule has 0 amide bonds.